The van der Waals surface area contributed by atoms with Crippen molar-refractivity contribution in [3.63, 3.8) is 0 Å². The number of carboxylic acids is 1. The van der Waals surface area contributed by atoms with Crippen LogP contribution < -0.4 is 10.6 Å². The lowest BCUT2D eigenvalue weighted by molar-refractivity contribution is -0.149. The third kappa shape index (κ3) is 4.74. The summed E-state index contributed by atoms with van der Waals surface area (Å²) < 4.78 is 0.875. The van der Waals surface area contributed by atoms with Gasteiger partial charge in [0, 0.05) is 16.7 Å². The van der Waals surface area contributed by atoms with Crippen molar-refractivity contribution < 1.29 is 14.7 Å². The number of hydrogen-bond acceptors (Lipinski definition) is 2. The summed E-state index contributed by atoms with van der Waals surface area (Å²) in [5.41, 5.74) is 0.764. The number of benzene rings is 1. The fraction of sp³-hybridized carbons (Fsp3) is 0.467. The molecule has 1 aromatic rings. The quantitative estimate of drug-likeness (QED) is 0.725. The van der Waals surface area contributed by atoms with Crippen LogP contribution in [0.15, 0.2) is 22.7 Å². The molecule has 2 amide bonds. The molecular weight excluding hydrogens is 336 g/mol. The summed E-state index contributed by atoms with van der Waals surface area (Å²) in [6.07, 6.45) is 0.935. The van der Waals surface area contributed by atoms with Crippen LogP contribution in [0, 0.1) is 12.3 Å². The van der Waals surface area contributed by atoms with E-state index in [2.05, 4.69) is 26.6 Å². The summed E-state index contributed by atoms with van der Waals surface area (Å²) in [6.45, 7) is 5.66. The lowest BCUT2D eigenvalue weighted by atomic mass is 9.82. The average molecular weight is 357 g/mol. The summed E-state index contributed by atoms with van der Waals surface area (Å²) in [4.78, 5) is 23.3. The Bertz CT molecular complexity index is 507. The number of aliphatic carboxylic acids is 1. The second-order valence-electron chi connectivity index (χ2n) is 5.12. The van der Waals surface area contributed by atoms with Gasteiger partial charge in [0.15, 0.2) is 0 Å². The van der Waals surface area contributed by atoms with E-state index in [1.54, 1.807) is 6.07 Å². The second kappa shape index (κ2) is 7.45. The van der Waals surface area contributed by atoms with Gasteiger partial charge in [0.1, 0.15) is 0 Å². The molecule has 0 radical (unpaired) electrons. The first kappa shape index (κ1) is 17.5. The van der Waals surface area contributed by atoms with Gasteiger partial charge in [-0.1, -0.05) is 29.8 Å². The van der Waals surface area contributed by atoms with Gasteiger partial charge in [-0.3, -0.25) is 4.79 Å². The molecule has 0 saturated carbocycles. The minimum atomic E-state index is -0.912. The Morgan fingerprint density at radius 3 is 2.33 bits per heavy atom. The smallest absolute Gasteiger partial charge is 0.319 e. The van der Waals surface area contributed by atoms with E-state index in [-0.39, 0.29) is 6.54 Å². The minimum absolute atomic E-state index is 0.105. The topological polar surface area (TPSA) is 78.4 Å². The van der Waals surface area contributed by atoms with Crippen molar-refractivity contribution in [2.24, 2.45) is 5.41 Å². The summed E-state index contributed by atoms with van der Waals surface area (Å²) >= 11 is 3.37. The number of anilines is 1. The van der Waals surface area contributed by atoms with Gasteiger partial charge in [-0.05, 0) is 43.5 Å². The molecule has 5 nitrogen and oxygen atoms in total. The Hall–Kier alpha value is -1.56. The highest BCUT2D eigenvalue weighted by Crippen LogP contribution is 2.25. The minimum Gasteiger partial charge on any atom is -0.481 e. The summed E-state index contributed by atoms with van der Waals surface area (Å²) in [5.74, 6) is -0.883. The summed E-state index contributed by atoms with van der Waals surface area (Å²) in [7, 11) is 0. The van der Waals surface area contributed by atoms with Gasteiger partial charge >= 0.3 is 12.0 Å². The first-order valence-corrected chi connectivity index (χ1v) is 7.67. The Morgan fingerprint density at radius 2 is 1.86 bits per heavy atom. The van der Waals surface area contributed by atoms with Crippen molar-refractivity contribution in [1.82, 2.24) is 5.32 Å². The summed E-state index contributed by atoms with van der Waals surface area (Å²) in [5, 5.41) is 14.7. The average Bonchev–Trinajstić information content (AvgIpc) is 2.38. The van der Waals surface area contributed by atoms with Crippen LogP contribution in [-0.2, 0) is 4.79 Å². The predicted octanol–water partition coefficient (Wildman–Crippen LogP) is 3.77. The highest BCUT2D eigenvalue weighted by molar-refractivity contribution is 9.10. The molecule has 21 heavy (non-hydrogen) atoms. The van der Waals surface area contributed by atoms with E-state index < -0.39 is 17.4 Å². The number of carbonyl (C=O) groups excluding carboxylic acids is 1. The molecule has 0 heterocycles. The first-order valence-electron chi connectivity index (χ1n) is 6.88. The van der Waals surface area contributed by atoms with Crippen molar-refractivity contribution in [2.45, 2.75) is 33.6 Å². The zero-order valence-corrected chi connectivity index (χ0v) is 14.1. The first-order chi connectivity index (χ1) is 9.82. The lowest BCUT2D eigenvalue weighted by Crippen LogP contribution is -2.43. The van der Waals surface area contributed by atoms with E-state index in [0.29, 0.717) is 18.5 Å². The van der Waals surface area contributed by atoms with Crippen molar-refractivity contribution in [1.29, 1.82) is 0 Å². The number of amides is 2. The normalized spacial score (nSPS) is 11.0. The SMILES string of the molecule is CCC(CC)(CNC(=O)Nc1cc(C)cc(Br)c1)C(=O)O. The van der Waals surface area contributed by atoms with Crippen molar-refractivity contribution >= 4 is 33.6 Å². The Morgan fingerprint density at radius 1 is 1.24 bits per heavy atom. The molecule has 0 bridgehead atoms. The molecule has 6 heteroatoms. The van der Waals surface area contributed by atoms with Crippen LogP contribution in [0.1, 0.15) is 32.3 Å². The van der Waals surface area contributed by atoms with Crippen LogP contribution in [0.5, 0.6) is 0 Å². The molecule has 116 valence electrons. The molecule has 1 rings (SSSR count). The third-order valence-corrected chi connectivity index (χ3v) is 4.15. The van der Waals surface area contributed by atoms with E-state index in [9.17, 15) is 14.7 Å². The van der Waals surface area contributed by atoms with Gasteiger partial charge in [0.25, 0.3) is 0 Å². The zero-order valence-electron chi connectivity index (χ0n) is 12.5. The zero-order chi connectivity index (χ0) is 16.0. The monoisotopic (exact) mass is 356 g/mol. The fourth-order valence-electron chi connectivity index (χ4n) is 2.11. The number of hydrogen-bond donors (Lipinski definition) is 3. The van der Waals surface area contributed by atoms with Gasteiger partial charge in [0.05, 0.1) is 5.41 Å². The molecule has 0 saturated heterocycles. The Balaban J connectivity index is 2.67. The molecule has 1 aromatic carbocycles. The molecule has 0 aliphatic carbocycles. The lowest BCUT2D eigenvalue weighted by Gasteiger charge is -2.26. The van der Waals surface area contributed by atoms with E-state index in [4.69, 9.17) is 0 Å². The van der Waals surface area contributed by atoms with Gasteiger partial charge in [-0.2, -0.15) is 0 Å². The molecule has 0 aliphatic heterocycles. The van der Waals surface area contributed by atoms with Crippen molar-refractivity contribution in [3.05, 3.63) is 28.2 Å². The van der Waals surface area contributed by atoms with Crippen molar-refractivity contribution in [3.8, 4) is 0 Å². The third-order valence-electron chi connectivity index (χ3n) is 3.69. The van der Waals surface area contributed by atoms with Crippen LogP contribution in [0.25, 0.3) is 0 Å². The molecule has 0 unspecified atom stereocenters. The van der Waals surface area contributed by atoms with E-state index in [1.165, 1.54) is 0 Å². The maximum Gasteiger partial charge on any atom is 0.319 e. The molecule has 0 spiro atoms. The number of carboxylic acid groups (broad SMARTS) is 1. The number of nitrogens with one attached hydrogen (secondary N) is 2. The largest absolute Gasteiger partial charge is 0.481 e. The van der Waals surface area contributed by atoms with Crippen LogP contribution in [0.3, 0.4) is 0 Å². The highest BCUT2D eigenvalue weighted by Gasteiger charge is 2.35. The number of urea groups is 1. The Kier molecular flexibility index (Phi) is 6.20. The van der Waals surface area contributed by atoms with Gasteiger partial charge < -0.3 is 15.7 Å². The number of rotatable bonds is 6. The van der Waals surface area contributed by atoms with Crippen molar-refractivity contribution in [2.75, 3.05) is 11.9 Å². The molecule has 0 aliphatic rings. The molecular formula is C15H21BrN2O3. The van der Waals surface area contributed by atoms with E-state index >= 15 is 0 Å². The van der Waals surface area contributed by atoms with Gasteiger partial charge in [-0.25, -0.2) is 4.79 Å². The second-order valence-corrected chi connectivity index (χ2v) is 6.03. The molecule has 0 fully saturated rings. The van der Waals surface area contributed by atoms with E-state index in [0.717, 1.165) is 10.0 Å². The number of carbonyl (C=O) groups is 2. The molecule has 0 atom stereocenters. The van der Waals surface area contributed by atoms with Crippen LogP contribution in [0.4, 0.5) is 10.5 Å². The molecule has 3 N–H and O–H groups in total. The predicted molar refractivity (Wildman–Crippen MR) is 86.6 cm³/mol. The van der Waals surface area contributed by atoms with E-state index in [1.807, 2.05) is 32.9 Å². The number of aryl methyl sites for hydroxylation is 1. The van der Waals surface area contributed by atoms with Crippen LogP contribution in [-0.4, -0.2) is 23.7 Å². The maximum absolute atomic E-state index is 11.9. The van der Waals surface area contributed by atoms with Crippen LogP contribution >= 0.6 is 15.9 Å². The van der Waals surface area contributed by atoms with Crippen LogP contribution in [0.2, 0.25) is 0 Å². The number of halogens is 1. The van der Waals surface area contributed by atoms with Gasteiger partial charge in [0.2, 0.25) is 0 Å². The molecule has 0 aromatic heterocycles. The Labute approximate surface area is 133 Å². The van der Waals surface area contributed by atoms with Gasteiger partial charge in [-0.15, -0.1) is 0 Å². The standard InChI is InChI=1S/C15H21BrN2O3/c1-4-15(5-2,13(19)20)9-17-14(21)18-12-7-10(3)6-11(16)8-12/h6-8H,4-5,9H2,1-3H3,(H,19,20)(H2,17,18,21). The fourth-order valence-corrected chi connectivity index (χ4v) is 2.72. The maximum atomic E-state index is 11.9. The summed E-state index contributed by atoms with van der Waals surface area (Å²) in [6, 6.07) is 5.16. The highest BCUT2D eigenvalue weighted by atomic mass is 79.9.